The molecule has 52 heavy (non-hydrogen) atoms. The number of nitrogens with zero attached hydrogens (tertiary/aromatic N) is 1. The van der Waals surface area contributed by atoms with E-state index >= 15 is 0 Å². The lowest BCUT2D eigenvalue weighted by atomic mass is 9.34. The standard InChI is InChI=1S/C48H26BNO2/c1-3-16-30-27(13-1)34-26-42-46-48(52-41-24-12-8-20-37(41)49(46)36-19-7-11-23-40(36)51-42)44(34)31-17-4-2-14-28(31)33-25-35-29-15-5-9-21-38(29)50-39-22-10-6-18-32(39)45(43(30)33)47(35)50/h1-26H. The molecule has 2 aromatic heterocycles. The summed E-state index contributed by atoms with van der Waals surface area (Å²) in [5.74, 6) is 3.52. The molecule has 0 unspecified atom stereocenters. The monoisotopic (exact) mass is 659 g/mol. The summed E-state index contributed by atoms with van der Waals surface area (Å²) in [6.45, 7) is -0.00620. The fourth-order valence-electron chi connectivity index (χ4n) is 9.81. The predicted octanol–water partition coefficient (Wildman–Crippen LogP) is 10.5. The SMILES string of the molecule is c1ccc2c(c1)Oc1cc3c(c4c1B2c1ccccc1O4)-c1ccccc1-c1cc2c4ccccc4n4c5ccccc5c(c1-c1ccccc1-3)c24. The molecule has 3 nitrogen and oxygen atoms in total. The molecular weight excluding hydrogens is 633 g/mol. The summed E-state index contributed by atoms with van der Waals surface area (Å²) in [5.41, 5.74) is 16.6. The lowest BCUT2D eigenvalue weighted by Crippen LogP contribution is -2.57. The van der Waals surface area contributed by atoms with Crippen molar-refractivity contribution in [3.8, 4) is 67.5 Å². The largest absolute Gasteiger partial charge is 0.458 e. The molecule has 0 N–H and O–H groups in total. The Bertz CT molecular complexity index is 3200. The number of para-hydroxylation sites is 4. The lowest BCUT2D eigenvalue weighted by molar-refractivity contribution is 0.466. The Morgan fingerprint density at radius 2 is 0.942 bits per heavy atom. The summed E-state index contributed by atoms with van der Waals surface area (Å²) in [6.07, 6.45) is 0. The van der Waals surface area contributed by atoms with Crippen LogP contribution in [0.5, 0.6) is 23.0 Å². The Hall–Kier alpha value is -6.78. The molecule has 3 aliphatic rings. The van der Waals surface area contributed by atoms with E-state index in [-0.39, 0.29) is 6.71 Å². The summed E-state index contributed by atoms with van der Waals surface area (Å²) in [6, 6.07) is 57.3. The van der Waals surface area contributed by atoms with Crippen molar-refractivity contribution in [2.45, 2.75) is 0 Å². The van der Waals surface area contributed by atoms with E-state index in [4.69, 9.17) is 9.47 Å². The normalized spacial score (nSPS) is 13.3. The number of benzene rings is 8. The zero-order valence-electron chi connectivity index (χ0n) is 27.9. The minimum atomic E-state index is -0.00620. The zero-order valence-corrected chi connectivity index (χ0v) is 27.9. The summed E-state index contributed by atoms with van der Waals surface area (Å²) < 4.78 is 16.5. The Labute approximate surface area is 299 Å². The van der Waals surface area contributed by atoms with E-state index in [1.165, 1.54) is 60.3 Å². The van der Waals surface area contributed by atoms with Gasteiger partial charge in [0.1, 0.15) is 23.0 Å². The molecule has 4 heterocycles. The van der Waals surface area contributed by atoms with Crippen molar-refractivity contribution < 1.29 is 9.47 Å². The maximum atomic E-state index is 7.13. The van der Waals surface area contributed by atoms with Gasteiger partial charge in [0.05, 0.1) is 16.6 Å². The number of rotatable bonds is 0. The minimum absolute atomic E-state index is 0.00620. The van der Waals surface area contributed by atoms with Gasteiger partial charge >= 0.3 is 0 Å². The molecule has 0 saturated carbocycles. The molecule has 10 aromatic rings. The third-order valence-electron chi connectivity index (χ3n) is 11.8. The second kappa shape index (κ2) is 9.51. The van der Waals surface area contributed by atoms with E-state index in [0.29, 0.717) is 0 Å². The Kier molecular flexibility index (Phi) is 4.94. The van der Waals surface area contributed by atoms with E-state index in [1.807, 2.05) is 0 Å². The van der Waals surface area contributed by atoms with Crippen LogP contribution in [-0.4, -0.2) is 11.1 Å². The van der Waals surface area contributed by atoms with Crippen LogP contribution in [0.4, 0.5) is 0 Å². The molecule has 2 aliphatic heterocycles. The molecule has 0 saturated heterocycles. The summed E-state index contributed by atoms with van der Waals surface area (Å²) in [5, 5.41) is 5.10. The first kappa shape index (κ1) is 27.0. The van der Waals surface area contributed by atoms with Crippen molar-refractivity contribution in [2.24, 2.45) is 0 Å². The average molecular weight is 660 g/mol. The maximum absolute atomic E-state index is 7.13. The summed E-state index contributed by atoms with van der Waals surface area (Å²) in [4.78, 5) is 0. The highest BCUT2D eigenvalue weighted by atomic mass is 16.5. The number of hydrogen-bond acceptors (Lipinski definition) is 2. The van der Waals surface area contributed by atoms with Gasteiger partial charge < -0.3 is 13.9 Å². The van der Waals surface area contributed by atoms with Crippen molar-refractivity contribution in [3.05, 3.63) is 158 Å². The van der Waals surface area contributed by atoms with Crippen molar-refractivity contribution in [1.29, 1.82) is 0 Å². The van der Waals surface area contributed by atoms with Crippen LogP contribution in [0.1, 0.15) is 0 Å². The third-order valence-corrected chi connectivity index (χ3v) is 11.8. The molecule has 4 heteroatoms. The molecule has 0 spiro atoms. The molecule has 238 valence electrons. The highest BCUT2D eigenvalue weighted by Gasteiger charge is 2.43. The first-order valence-corrected chi connectivity index (χ1v) is 18.0. The highest BCUT2D eigenvalue weighted by Crippen LogP contribution is 2.56. The van der Waals surface area contributed by atoms with Crippen LogP contribution in [0.3, 0.4) is 0 Å². The van der Waals surface area contributed by atoms with Gasteiger partial charge in [-0.25, -0.2) is 0 Å². The van der Waals surface area contributed by atoms with Crippen LogP contribution in [0.25, 0.3) is 82.6 Å². The lowest BCUT2D eigenvalue weighted by Gasteiger charge is -2.36. The van der Waals surface area contributed by atoms with Gasteiger partial charge in [-0.3, -0.25) is 0 Å². The first-order valence-electron chi connectivity index (χ1n) is 18.0. The predicted molar refractivity (Wildman–Crippen MR) is 214 cm³/mol. The third kappa shape index (κ3) is 3.20. The van der Waals surface area contributed by atoms with Crippen molar-refractivity contribution >= 4 is 61.2 Å². The number of hydrogen-bond donors (Lipinski definition) is 0. The smallest absolute Gasteiger partial charge is 0.260 e. The van der Waals surface area contributed by atoms with E-state index in [1.54, 1.807) is 0 Å². The molecule has 13 rings (SSSR count). The quantitative estimate of drug-likeness (QED) is 0.151. The van der Waals surface area contributed by atoms with Crippen LogP contribution in [0.2, 0.25) is 0 Å². The van der Waals surface area contributed by atoms with Crippen LogP contribution in [0.15, 0.2) is 158 Å². The topological polar surface area (TPSA) is 22.9 Å². The highest BCUT2D eigenvalue weighted by molar-refractivity contribution is 6.98. The van der Waals surface area contributed by atoms with Crippen LogP contribution < -0.4 is 25.9 Å². The molecule has 0 fully saturated rings. The Balaban J connectivity index is 1.24. The fourth-order valence-corrected chi connectivity index (χ4v) is 9.81. The van der Waals surface area contributed by atoms with E-state index in [2.05, 4.69) is 162 Å². The second-order valence-corrected chi connectivity index (χ2v) is 14.3. The zero-order chi connectivity index (χ0) is 33.7. The average Bonchev–Trinajstić information content (AvgIpc) is 3.72. The Morgan fingerprint density at radius 3 is 1.67 bits per heavy atom. The molecule has 0 radical (unpaired) electrons. The Morgan fingerprint density at radius 1 is 0.404 bits per heavy atom. The van der Waals surface area contributed by atoms with Gasteiger partial charge in [0.2, 0.25) is 0 Å². The molecule has 0 amide bonds. The number of ether oxygens (including phenoxy) is 2. The fraction of sp³-hybridized carbons (Fsp3) is 0. The first-order chi connectivity index (χ1) is 25.8. The second-order valence-electron chi connectivity index (χ2n) is 14.3. The van der Waals surface area contributed by atoms with E-state index in [9.17, 15) is 0 Å². The van der Waals surface area contributed by atoms with Gasteiger partial charge in [-0.2, -0.15) is 0 Å². The van der Waals surface area contributed by atoms with Gasteiger partial charge in [-0.1, -0.05) is 121 Å². The maximum Gasteiger partial charge on any atom is 0.260 e. The van der Waals surface area contributed by atoms with Crippen molar-refractivity contribution in [2.75, 3.05) is 0 Å². The molecule has 0 bridgehead atoms. The number of aromatic nitrogens is 1. The van der Waals surface area contributed by atoms with Crippen LogP contribution >= 0.6 is 0 Å². The minimum Gasteiger partial charge on any atom is -0.458 e. The summed E-state index contributed by atoms with van der Waals surface area (Å²) in [7, 11) is 0. The van der Waals surface area contributed by atoms with E-state index in [0.717, 1.165) is 61.6 Å². The van der Waals surface area contributed by atoms with Gasteiger partial charge in [-0.05, 0) is 80.7 Å². The van der Waals surface area contributed by atoms with Gasteiger partial charge in [0.25, 0.3) is 6.71 Å². The number of fused-ring (bicyclic) bond motifs is 20. The van der Waals surface area contributed by atoms with Gasteiger partial charge in [-0.15, -0.1) is 0 Å². The van der Waals surface area contributed by atoms with Crippen molar-refractivity contribution in [1.82, 2.24) is 4.40 Å². The van der Waals surface area contributed by atoms with Crippen LogP contribution in [0, 0.1) is 0 Å². The molecule has 1 aliphatic carbocycles. The molecular formula is C48H26BNO2. The van der Waals surface area contributed by atoms with Gasteiger partial charge in [0, 0.05) is 38.1 Å². The molecule has 8 aromatic carbocycles. The van der Waals surface area contributed by atoms with Crippen LogP contribution in [-0.2, 0) is 0 Å². The summed E-state index contributed by atoms with van der Waals surface area (Å²) >= 11 is 0. The molecule has 0 atom stereocenters. The van der Waals surface area contributed by atoms with Crippen molar-refractivity contribution in [3.63, 3.8) is 0 Å². The van der Waals surface area contributed by atoms with E-state index < -0.39 is 0 Å². The van der Waals surface area contributed by atoms with Gasteiger partial charge in [0.15, 0.2) is 0 Å².